The third-order valence-electron chi connectivity index (χ3n) is 2.13. The first-order valence-corrected chi connectivity index (χ1v) is 4.66. The van der Waals surface area contributed by atoms with Crippen LogP contribution in [0.2, 0.25) is 0 Å². The molecule has 0 radical (unpaired) electrons. The van der Waals surface area contributed by atoms with Gasteiger partial charge >= 0.3 is 0 Å². The van der Waals surface area contributed by atoms with Gasteiger partial charge in [0, 0.05) is 28.2 Å². The zero-order valence-electron chi connectivity index (χ0n) is 9.48. The first-order valence-electron chi connectivity index (χ1n) is 4.66. The SMILES string of the molecule is CN(C)C(=O)c1cccc(N(C)C)c1O. The van der Waals surface area contributed by atoms with E-state index < -0.39 is 0 Å². The van der Waals surface area contributed by atoms with E-state index in [9.17, 15) is 9.90 Å². The number of aromatic hydroxyl groups is 1. The maximum absolute atomic E-state index is 11.7. The third kappa shape index (κ3) is 2.21. The van der Waals surface area contributed by atoms with Crippen LogP contribution >= 0.6 is 0 Å². The van der Waals surface area contributed by atoms with E-state index in [4.69, 9.17) is 0 Å². The highest BCUT2D eigenvalue weighted by Gasteiger charge is 2.16. The number of phenols is 1. The van der Waals surface area contributed by atoms with Gasteiger partial charge in [-0.05, 0) is 12.1 Å². The van der Waals surface area contributed by atoms with Crippen molar-refractivity contribution in [2.75, 3.05) is 33.1 Å². The molecule has 4 nitrogen and oxygen atoms in total. The summed E-state index contributed by atoms with van der Waals surface area (Å²) in [6.45, 7) is 0. The second-order valence-electron chi connectivity index (χ2n) is 3.77. The Morgan fingerprint density at radius 1 is 1.20 bits per heavy atom. The Kier molecular flexibility index (Phi) is 3.19. The van der Waals surface area contributed by atoms with Crippen LogP contribution in [0.3, 0.4) is 0 Å². The van der Waals surface area contributed by atoms with E-state index in [1.54, 1.807) is 37.2 Å². The summed E-state index contributed by atoms with van der Waals surface area (Å²) in [7, 11) is 6.95. The van der Waals surface area contributed by atoms with Gasteiger partial charge in [0.2, 0.25) is 0 Å². The fourth-order valence-electron chi connectivity index (χ4n) is 1.31. The molecule has 0 aliphatic carbocycles. The summed E-state index contributed by atoms with van der Waals surface area (Å²) in [5.41, 5.74) is 0.967. The Morgan fingerprint density at radius 2 is 1.80 bits per heavy atom. The molecule has 15 heavy (non-hydrogen) atoms. The largest absolute Gasteiger partial charge is 0.505 e. The van der Waals surface area contributed by atoms with Gasteiger partial charge in [0.05, 0.1) is 11.3 Å². The van der Waals surface area contributed by atoms with Gasteiger partial charge in [-0.1, -0.05) is 6.07 Å². The van der Waals surface area contributed by atoms with Gasteiger partial charge < -0.3 is 14.9 Å². The van der Waals surface area contributed by atoms with Crippen molar-refractivity contribution in [2.45, 2.75) is 0 Å². The first-order chi connectivity index (χ1) is 6.95. The molecule has 0 unspecified atom stereocenters. The molecular weight excluding hydrogens is 192 g/mol. The molecule has 4 heteroatoms. The Labute approximate surface area is 89.7 Å². The molecule has 1 rings (SSSR count). The van der Waals surface area contributed by atoms with Gasteiger partial charge in [-0.2, -0.15) is 0 Å². The van der Waals surface area contributed by atoms with Crippen molar-refractivity contribution in [2.24, 2.45) is 0 Å². The van der Waals surface area contributed by atoms with Gasteiger partial charge in [-0.15, -0.1) is 0 Å². The minimum absolute atomic E-state index is 0.0289. The minimum Gasteiger partial charge on any atom is -0.505 e. The molecule has 0 saturated heterocycles. The van der Waals surface area contributed by atoms with E-state index in [0.29, 0.717) is 11.3 Å². The highest BCUT2D eigenvalue weighted by atomic mass is 16.3. The van der Waals surface area contributed by atoms with Crippen molar-refractivity contribution in [1.82, 2.24) is 4.90 Å². The van der Waals surface area contributed by atoms with Gasteiger partial charge in [-0.25, -0.2) is 0 Å². The summed E-state index contributed by atoms with van der Waals surface area (Å²) in [5.74, 6) is -0.169. The number of para-hydroxylation sites is 1. The standard InChI is InChI=1S/C11H16N2O2/c1-12(2)9-7-5-6-8(10(9)14)11(15)13(3)4/h5-7,14H,1-4H3. The van der Waals surface area contributed by atoms with Crippen molar-refractivity contribution in [3.8, 4) is 5.75 Å². The summed E-state index contributed by atoms with van der Waals surface area (Å²) < 4.78 is 0. The molecule has 82 valence electrons. The van der Waals surface area contributed by atoms with Crippen LogP contribution in [0, 0.1) is 0 Å². The molecule has 0 aliphatic heterocycles. The van der Waals surface area contributed by atoms with Crippen molar-refractivity contribution in [1.29, 1.82) is 0 Å². The molecular formula is C11H16N2O2. The summed E-state index contributed by atoms with van der Waals surface area (Å²) in [5, 5.41) is 9.89. The number of amides is 1. The summed E-state index contributed by atoms with van der Waals surface area (Å²) in [6.07, 6.45) is 0. The second kappa shape index (κ2) is 4.21. The van der Waals surface area contributed by atoms with Crippen LogP contribution in [-0.2, 0) is 0 Å². The van der Waals surface area contributed by atoms with Gasteiger partial charge in [0.25, 0.3) is 5.91 Å². The fourth-order valence-corrected chi connectivity index (χ4v) is 1.31. The van der Waals surface area contributed by atoms with Crippen LogP contribution in [-0.4, -0.2) is 44.1 Å². The van der Waals surface area contributed by atoms with E-state index >= 15 is 0 Å². The van der Waals surface area contributed by atoms with Crippen LogP contribution in [0.25, 0.3) is 0 Å². The average molecular weight is 208 g/mol. The lowest BCUT2D eigenvalue weighted by molar-refractivity contribution is 0.0824. The monoisotopic (exact) mass is 208 g/mol. The summed E-state index contributed by atoms with van der Waals surface area (Å²) in [6, 6.07) is 5.14. The smallest absolute Gasteiger partial charge is 0.257 e. The zero-order valence-corrected chi connectivity index (χ0v) is 9.48. The van der Waals surface area contributed by atoms with E-state index in [-0.39, 0.29) is 11.7 Å². The minimum atomic E-state index is -0.198. The number of benzene rings is 1. The van der Waals surface area contributed by atoms with Gasteiger partial charge in [0.15, 0.2) is 5.75 Å². The quantitative estimate of drug-likeness (QED) is 0.793. The zero-order chi connectivity index (χ0) is 11.6. The van der Waals surface area contributed by atoms with Crippen LogP contribution in [0.15, 0.2) is 18.2 Å². The molecule has 1 amide bonds. The van der Waals surface area contributed by atoms with Gasteiger partial charge in [0.1, 0.15) is 0 Å². The molecule has 1 aromatic rings. The fraction of sp³-hybridized carbons (Fsp3) is 0.364. The van der Waals surface area contributed by atoms with Crippen molar-refractivity contribution in [3.05, 3.63) is 23.8 Å². The Balaban J connectivity index is 3.21. The maximum atomic E-state index is 11.7. The molecule has 1 N–H and O–H groups in total. The molecule has 0 bridgehead atoms. The number of rotatable bonds is 2. The lowest BCUT2D eigenvalue weighted by Gasteiger charge is -2.17. The number of carbonyl (C=O) groups excluding carboxylic acids is 1. The Hall–Kier alpha value is -1.71. The van der Waals surface area contributed by atoms with Gasteiger partial charge in [-0.3, -0.25) is 4.79 Å². The van der Waals surface area contributed by atoms with Crippen LogP contribution in [0.4, 0.5) is 5.69 Å². The third-order valence-corrected chi connectivity index (χ3v) is 2.13. The topological polar surface area (TPSA) is 43.8 Å². The molecule has 0 atom stereocenters. The number of anilines is 1. The summed E-state index contributed by atoms with van der Waals surface area (Å²) in [4.78, 5) is 14.9. The van der Waals surface area contributed by atoms with Crippen LogP contribution in [0.1, 0.15) is 10.4 Å². The Bertz CT molecular complexity index is 373. The molecule has 0 saturated carbocycles. The van der Waals surface area contributed by atoms with E-state index in [1.807, 2.05) is 14.1 Å². The number of nitrogens with zero attached hydrogens (tertiary/aromatic N) is 2. The molecule has 0 aliphatic rings. The molecule has 0 fully saturated rings. The van der Waals surface area contributed by atoms with Crippen molar-refractivity contribution in [3.63, 3.8) is 0 Å². The molecule has 1 aromatic carbocycles. The average Bonchev–Trinajstić information content (AvgIpc) is 2.16. The van der Waals surface area contributed by atoms with Crippen LogP contribution < -0.4 is 4.90 Å². The normalized spacial score (nSPS) is 9.87. The first kappa shape index (κ1) is 11.4. The summed E-state index contributed by atoms with van der Waals surface area (Å²) >= 11 is 0. The Morgan fingerprint density at radius 3 is 2.27 bits per heavy atom. The molecule has 0 heterocycles. The highest BCUT2D eigenvalue weighted by molar-refractivity contribution is 5.98. The van der Waals surface area contributed by atoms with Crippen molar-refractivity contribution >= 4 is 11.6 Å². The maximum Gasteiger partial charge on any atom is 0.257 e. The predicted octanol–water partition coefficient (Wildman–Crippen LogP) is 1.16. The van der Waals surface area contributed by atoms with Crippen LogP contribution in [0.5, 0.6) is 5.75 Å². The van der Waals surface area contributed by atoms with E-state index in [1.165, 1.54) is 4.90 Å². The van der Waals surface area contributed by atoms with E-state index in [2.05, 4.69) is 0 Å². The second-order valence-corrected chi connectivity index (χ2v) is 3.77. The predicted molar refractivity (Wildman–Crippen MR) is 60.5 cm³/mol. The number of hydrogen-bond donors (Lipinski definition) is 1. The lowest BCUT2D eigenvalue weighted by atomic mass is 10.1. The van der Waals surface area contributed by atoms with E-state index in [0.717, 1.165) is 0 Å². The number of hydrogen-bond acceptors (Lipinski definition) is 3. The lowest BCUT2D eigenvalue weighted by Crippen LogP contribution is -2.22. The van der Waals surface area contributed by atoms with Crippen molar-refractivity contribution < 1.29 is 9.90 Å². The highest BCUT2D eigenvalue weighted by Crippen LogP contribution is 2.29. The number of phenolic OH excluding ortho intramolecular Hbond substituents is 1. The number of carbonyl (C=O) groups is 1. The molecule has 0 aromatic heterocycles. The molecule has 0 spiro atoms.